The van der Waals surface area contributed by atoms with Gasteiger partial charge in [-0.25, -0.2) is 9.97 Å². The summed E-state index contributed by atoms with van der Waals surface area (Å²) in [4.78, 5) is 8.22. The van der Waals surface area contributed by atoms with Crippen molar-refractivity contribution in [1.82, 2.24) is 9.97 Å². The lowest BCUT2D eigenvalue weighted by molar-refractivity contribution is 0.976. The standard InChI is InChI=1S/C12H12ClN3S/c1-8-2-4-9(5-3-8)7-17-12-15-10(13)6-11(14)16-12/h2-6H,7H2,1H3,(H2,14,15,16). The number of anilines is 1. The van der Waals surface area contributed by atoms with Crippen molar-refractivity contribution in [2.24, 2.45) is 0 Å². The zero-order chi connectivity index (χ0) is 12.3. The summed E-state index contributed by atoms with van der Waals surface area (Å²) < 4.78 is 0. The first-order valence-corrected chi connectivity index (χ1v) is 6.48. The Hall–Kier alpha value is -1.26. The smallest absolute Gasteiger partial charge is 0.191 e. The molecular weight excluding hydrogens is 254 g/mol. The van der Waals surface area contributed by atoms with Crippen LogP contribution in [0.15, 0.2) is 35.5 Å². The van der Waals surface area contributed by atoms with Crippen molar-refractivity contribution in [2.75, 3.05) is 5.73 Å². The molecule has 2 rings (SSSR count). The molecule has 0 saturated carbocycles. The topological polar surface area (TPSA) is 51.8 Å². The second-order valence-corrected chi connectivity index (χ2v) is 5.00. The van der Waals surface area contributed by atoms with Crippen molar-refractivity contribution in [3.05, 3.63) is 46.6 Å². The first-order chi connectivity index (χ1) is 8.13. The third-order valence-corrected chi connectivity index (χ3v) is 3.29. The molecule has 0 spiro atoms. The lowest BCUT2D eigenvalue weighted by atomic mass is 10.2. The number of rotatable bonds is 3. The van der Waals surface area contributed by atoms with Gasteiger partial charge in [0.2, 0.25) is 0 Å². The average molecular weight is 266 g/mol. The molecule has 0 amide bonds. The summed E-state index contributed by atoms with van der Waals surface area (Å²) >= 11 is 7.33. The quantitative estimate of drug-likeness (QED) is 0.526. The summed E-state index contributed by atoms with van der Waals surface area (Å²) in [6, 6.07) is 9.90. The Labute approximate surface area is 109 Å². The second-order valence-electron chi connectivity index (χ2n) is 3.67. The van der Waals surface area contributed by atoms with E-state index in [9.17, 15) is 0 Å². The summed E-state index contributed by atoms with van der Waals surface area (Å²) in [7, 11) is 0. The van der Waals surface area contributed by atoms with Gasteiger partial charge in [-0.05, 0) is 12.5 Å². The fraction of sp³-hybridized carbons (Fsp3) is 0.167. The van der Waals surface area contributed by atoms with Gasteiger partial charge in [0, 0.05) is 11.8 Å². The number of nitrogens with zero attached hydrogens (tertiary/aromatic N) is 2. The molecular formula is C12H12ClN3S. The van der Waals surface area contributed by atoms with Crippen LogP contribution < -0.4 is 5.73 Å². The number of hydrogen-bond donors (Lipinski definition) is 1. The zero-order valence-electron chi connectivity index (χ0n) is 9.35. The molecule has 0 radical (unpaired) electrons. The molecule has 1 aromatic heterocycles. The van der Waals surface area contributed by atoms with Gasteiger partial charge in [0.25, 0.3) is 0 Å². The molecule has 0 saturated heterocycles. The van der Waals surface area contributed by atoms with Gasteiger partial charge in [0.1, 0.15) is 11.0 Å². The fourth-order valence-electron chi connectivity index (χ4n) is 1.31. The monoisotopic (exact) mass is 265 g/mol. The molecule has 0 aliphatic carbocycles. The van der Waals surface area contributed by atoms with Crippen molar-refractivity contribution in [2.45, 2.75) is 17.8 Å². The largest absolute Gasteiger partial charge is 0.384 e. The molecule has 1 heterocycles. The maximum atomic E-state index is 5.81. The van der Waals surface area contributed by atoms with E-state index in [0.29, 0.717) is 16.1 Å². The lowest BCUT2D eigenvalue weighted by Crippen LogP contribution is -1.95. The van der Waals surface area contributed by atoms with Gasteiger partial charge < -0.3 is 5.73 Å². The third kappa shape index (κ3) is 3.61. The van der Waals surface area contributed by atoms with Crippen molar-refractivity contribution >= 4 is 29.2 Å². The normalized spacial score (nSPS) is 10.5. The Kier molecular flexibility index (Phi) is 3.86. The van der Waals surface area contributed by atoms with E-state index in [0.717, 1.165) is 5.75 Å². The van der Waals surface area contributed by atoms with Crippen molar-refractivity contribution in [1.29, 1.82) is 0 Å². The number of benzene rings is 1. The molecule has 0 aliphatic heterocycles. The van der Waals surface area contributed by atoms with Crippen LogP contribution in [0.4, 0.5) is 5.82 Å². The van der Waals surface area contributed by atoms with Crippen LogP contribution in [-0.2, 0) is 5.75 Å². The van der Waals surface area contributed by atoms with Gasteiger partial charge >= 0.3 is 0 Å². The van der Waals surface area contributed by atoms with Crippen LogP contribution in [0.25, 0.3) is 0 Å². The molecule has 0 unspecified atom stereocenters. The van der Waals surface area contributed by atoms with E-state index in [2.05, 4.69) is 41.2 Å². The highest BCUT2D eigenvalue weighted by Gasteiger charge is 2.02. The highest BCUT2D eigenvalue weighted by Crippen LogP contribution is 2.22. The summed E-state index contributed by atoms with van der Waals surface area (Å²) in [5.41, 5.74) is 8.08. The van der Waals surface area contributed by atoms with Gasteiger partial charge in [-0.15, -0.1) is 0 Å². The summed E-state index contributed by atoms with van der Waals surface area (Å²) in [6.07, 6.45) is 0. The van der Waals surface area contributed by atoms with Crippen LogP contribution in [0.2, 0.25) is 5.15 Å². The molecule has 3 nitrogen and oxygen atoms in total. The van der Waals surface area contributed by atoms with E-state index >= 15 is 0 Å². The van der Waals surface area contributed by atoms with Crippen LogP contribution in [0.3, 0.4) is 0 Å². The van der Waals surface area contributed by atoms with Crippen molar-refractivity contribution in [3.8, 4) is 0 Å². The molecule has 88 valence electrons. The van der Waals surface area contributed by atoms with E-state index in [1.165, 1.54) is 29.0 Å². The van der Waals surface area contributed by atoms with Gasteiger partial charge in [-0.2, -0.15) is 0 Å². The summed E-state index contributed by atoms with van der Waals surface area (Å²) in [6.45, 7) is 2.07. The predicted octanol–water partition coefficient (Wildman–Crippen LogP) is 3.31. The van der Waals surface area contributed by atoms with Crippen molar-refractivity contribution in [3.63, 3.8) is 0 Å². The minimum atomic E-state index is 0.379. The number of hydrogen-bond acceptors (Lipinski definition) is 4. The maximum Gasteiger partial charge on any atom is 0.191 e. The Bertz CT molecular complexity index is 493. The van der Waals surface area contributed by atoms with E-state index < -0.39 is 0 Å². The van der Waals surface area contributed by atoms with Gasteiger partial charge in [0.05, 0.1) is 0 Å². The SMILES string of the molecule is Cc1ccc(CSc2nc(N)cc(Cl)n2)cc1. The van der Waals surface area contributed by atoms with E-state index in [1.54, 1.807) is 0 Å². The Morgan fingerprint density at radius 2 is 1.94 bits per heavy atom. The van der Waals surface area contributed by atoms with E-state index in [-0.39, 0.29) is 0 Å². The molecule has 2 N–H and O–H groups in total. The second kappa shape index (κ2) is 5.38. The highest BCUT2D eigenvalue weighted by atomic mass is 35.5. The van der Waals surface area contributed by atoms with E-state index in [4.69, 9.17) is 17.3 Å². The van der Waals surface area contributed by atoms with Crippen LogP contribution in [-0.4, -0.2) is 9.97 Å². The summed E-state index contributed by atoms with van der Waals surface area (Å²) in [5.74, 6) is 1.21. The minimum Gasteiger partial charge on any atom is -0.384 e. The van der Waals surface area contributed by atoms with Gasteiger partial charge in [-0.3, -0.25) is 0 Å². The lowest BCUT2D eigenvalue weighted by Gasteiger charge is -2.02. The molecule has 5 heteroatoms. The van der Waals surface area contributed by atoms with E-state index in [1.807, 2.05) is 0 Å². The average Bonchev–Trinajstić information content (AvgIpc) is 2.27. The molecule has 1 aromatic carbocycles. The summed E-state index contributed by atoms with van der Waals surface area (Å²) in [5, 5.41) is 0.986. The highest BCUT2D eigenvalue weighted by molar-refractivity contribution is 7.98. The number of aromatic nitrogens is 2. The maximum absolute atomic E-state index is 5.81. The molecule has 0 aliphatic rings. The Balaban J connectivity index is 2.04. The van der Waals surface area contributed by atoms with Crippen LogP contribution in [0.5, 0.6) is 0 Å². The van der Waals surface area contributed by atoms with Gasteiger partial charge in [-0.1, -0.05) is 53.2 Å². The first-order valence-electron chi connectivity index (χ1n) is 5.12. The first kappa shape index (κ1) is 12.2. The van der Waals surface area contributed by atoms with Crippen LogP contribution in [0.1, 0.15) is 11.1 Å². The van der Waals surface area contributed by atoms with Crippen molar-refractivity contribution < 1.29 is 0 Å². The minimum absolute atomic E-state index is 0.379. The molecule has 17 heavy (non-hydrogen) atoms. The number of thioether (sulfide) groups is 1. The number of nitrogen functional groups attached to an aromatic ring is 1. The third-order valence-electron chi connectivity index (χ3n) is 2.18. The number of halogens is 1. The zero-order valence-corrected chi connectivity index (χ0v) is 10.9. The van der Waals surface area contributed by atoms with Gasteiger partial charge in [0.15, 0.2) is 5.16 Å². The Morgan fingerprint density at radius 3 is 2.59 bits per heavy atom. The molecule has 0 fully saturated rings. The molecule has 0 atom stereocenters. The fourth-order valence-corrected chi connectivity index (χ4v) is 2.37. The number of nitrogens with two attached hydrogens (primary N) is 1. The van der Waals surface area contributed by atoms with Crippen LogP contribution in [0, 0.1) is 6.92 Å². The Morgan fingerprint density at radius 1 is 1.24 bits per heavy atom. The number of aryl methyl sites for hydroxylation is 1. The molecule has 0 bridgehead atoms. The molecule has 2 aromatic rings. The predicted molar refractivity (Wildman–Crippen MR) is 72.2 cm³/mol. The van der Waals surface area contributed by atoms with Crippen LogP contribution >= 0.6 is 23.4 Å².